The summed E-state index contributed by atoms with van der Waals surface area (Å²) >= 11 is 0. The predicted octanol–water partition coefficient (Wildman–Crippen LogP) is 20.3. The van der Waals surface area contributed by atoms with Gasteiger partial charge < -0.3 is 40.3 Å². The predicted molar refractivity (Wildman–Crippen MR) is 351 cm³/mol. The van der Waals surface area contributed by atoms with Gasteiger partial charge in [-0.15, -0.1) is 0 Å². The molecule has 0 spiro atoms. The minimum absolute atomic E-state index is 0.167. The summed E-state index contributed by atoms with van der Waals surface area (Å²) < 4.78 is 11.3. The van der Waals surface area contributed by atoms with Crippen molar-refractivity contribution in [2.24, 2.45) is 0 Å². The lowest BCUT2D eigenvalue weighted by Crippen LogP contribution is -2.60. The van der Waals surface area contributed by atoms with Gasteiger partial charge in [0.1, 0.15) is 24.4 Å². The molecule has 1 heterocycles. The van der Waals surface area contributed by atoms with Crippen molar-refractivity contribution in [3.05, 3.63) is 12.2 Å². The molecule has 9 nitrogen and oxygen atoms in total. The highest BCUT2D eigenvalue weighted by atomic mass is 16.7. The Bertz CT molecular complexity index is 1300. The van der Waals surface area contributed by atoms with Crippen LogP contribution in [-0.4, -0.2) is 87.5 Å². The smallest absolute Gasteiger partial charge is 0.220 e. The second kappa shape index (κ2) is 63.0. The van der Waals surface area contributed by atoms with Gasteiger partial charge in [0, 0.05) is 6.42 Å². The van der Waals surface area contributed by atoms with Crippen LogP contribution in [-0.2, 0) is 14.3 Å². The molecule has 1 rings (SSSR count). The molecule has 488 valence electrons. The Morgan fingerprint density at radius 3 is 0.951 bits per heavy atom. The van der Waals surface area contributed by atoms with Gasteiger partial charge in [0.25, 0.3) is 0 Å². The summed E-state index contributed by atoms with van der Waals surface area (Å²) in [5.41, 5.74) is 0. The Hall–Kier alpha value is -1.07. The normalized spacial score (nSPS) is 18.3. The maximum Gasteiger partial charge on any atom is 0.220 e. The zero-order valence-corrected chi connectivity index (χ0v) is 54.8. The number of hydrogen-bond donors (Lipinski definition) is 6. The monoisotopic (exact) mass is 1160 g/mol. The highest BCUT2D eigenvalue weighted by Crippen LogP contribution is 2.24. The number of aliphatic hydroxyl groups excluding tert-OH is 5. The average Bonchev–Trinajstić information content (AvgIpc) is 3.60. The molecule has 82 heavy (non-hydrogen) atoms. The summed E-state index contributed by atoms with van der Waals surface area (Å²) in [6.07, 6.45) is 74.9. The second-order valence-corrected chi connectivity index (χ2v) is 26.1. The number of allylic oxidation sites excluding steroid dienone is 1. The summed E-state index contributed by atoms with van der Waals surface area (Å²) in [5.74, 6) is -0.167. The van der Waals surface area contributed by atoms with Crippen LogP contribution < -0.4 is 5.32 Å². The van der Waals surface area contributed by atoms with Crippen LogP contribution >= 0.6 is 0 Å². The van der Waals surface area contributed by atoms with E-state index in [-0.39, 0.29) is 12.5 Å². The summed E-state index contributed by atoms with van der Waals surface area (Å²) in [6.45, 7) is 3.85. The number of ether oxygens (including phenoxy) is 2. The van der Waals surface area contributed by atoms with Crippen LogP contribution in [0, 0.1) is 0 Å². The zero-order chi connectivity index (χ0) is 59.3. The van der Waals surface area contributed by atoms with Gasteiger partial charge in [-0.05, 0) is 19.3 Å². The van der Waals surface area contributed by atoms with E-state index in [1.165, 1.54) is 334 Å². The van der Waals surface area contributed by atoms with Crippen molar-refractivity contribution in [1.29, 1.82) is 0 Å². The third-order valence-electron chi connectivity index (χ3n) is 18.1. The van der Waals surface area contributed by atoms with E-state index in [2.05, 4.69) is 19.2 Å². The topological polar surface area (TPSA) is 149 Å². The Kier molecular flexibility index (Phi) is 60.6. The number of carbonyl (C=O) groups is 1. The molecule has 1 amide bonds. The molecular formula is C73H143NO8. The number of carbonyl (C=O) groups excluding carboxylic acids is 1. The molecular weight excluding hydrogens is 1020 g/mol. The van der Waals surface area contributed by atoms with E-state index in [1.54, 1.807) is 6.08 Å². The number of aliphatic hydroxyl groups is 5. The molecule has 1 saturated heterocycles. The minimum atomic E-state index is -1.56. The van der Waals surface area contributed by atoms with E-state index in [4.69, 9.17) is 9.47 Å². The van der Waals surface area contributed by atoms with Crippen LogP contribution in [0.5, 0.6) is 0 Å². The van der Waals surface area contributed by atoms with Crippen LogP contribution in [0.4, 0.5) is 0 Å². The fourth-order valence-electron chi connectivity index (χ4n) is 12.3. The van der Waals surface area contributed by atoms with Crippen molar-refractivity contribution >= 4 is 5.91 Å². The Morgan fingerprint density at radius 1 is 0.402 bits per heavy atom. The summed E-state index contributed by atoms with van der Waals surface area (Å²) in [4.78, 5) is 13.1. The number of unbranched alkanes of at least 4 members (excludes halogenated alkanes) is 56. The second-order valence-electron chi connectivity index (χ2n) is 26.1. The van der Waals surface area contributed by atoms with Crippen LogP contribution in [0.2, 0.25) is 0 Å². The van der Waals surface area contributed by atoms with Crippen LogP contribution in [0.3, 0.4) is 0 Å². The van der Waals surface area contributed by atoms with Crippen LogP contribution in [0.1, 0.15) is 393 Å². The SMILES string of the molecule is CCCCCCCCCCCCCCCCCCCCC/C=C/C(O)C(COC1OC(CO)C(O)C(O)C1O)NC(=O)CCCCCCCCCCCCCCCCCCCCCCCCCCCCCCCCCCCCCCCC. The number of nitrogens with one attached hydrogen (secondary N) is 1. The standard InChI is InChI=1S/C73H143NO8/c1-3-5-7-9-11-13-15-17-19-21-23-25-26-27-28-29-30-31-32-33-34-35-36-37-38-39-40-41-43-45-47-49-51-53-55-57-59-61-63-69(77)74-66(65-81-73-72(80)71(79)70(78)68(64-75)82-73)67(76)62-60-58-56-54-52-50-48-46-44-42-24-22-20-18-16-14-12-10-8-6-4-2/h60,62,66-68,70-73,75-76,78-80H,3-59,61,63-65H2,1-2H3,(H,74,77)/b62-60+. The van der Waals surface area contributed by atoms with Gasteiger partial charge in [0.2, 0.25) is 5.91 Å². The maximum absolute atomic E-state index is 13.1. The molecule has 0 radical (unpaired) electrons. The van der Waals surface area contributed by atoms with Gasteiger partial charge in [-0.25, -0.2) is 0 Å². The molecule has 7 unspecified atom stereocenters. The van der Waals surface area contributed by atoms with Crippen molar-refractivity contribution < 1.29 is 39.8 Å². The number of hydrogen-bond acceptors (Lipinski definition) is 8. The molecule has 1 fully saturated rings. The van der Waals surface area contributed by atoms with Gasteiger partial charge in [0.15, 0.2) is 6.29 Å². The maximum atomic E-state index is 13.1. The lowest BCUT2D eigenvalue weighted by Gasteiger charge is -2.40. The molecule has 0 bridgehead atoms. The first-order valence-electron chi connectivity index (χ1n) is 36.9. The fraction of sp³-hybridized carbons (Fsp3) is 0.959. The fourth-order valence-corrected chi connectivity index (χ4v) is 12.3. The molecule has 6 N–H and O–H groups in total. The van der Waals surface area contributed by atoms with Gasteiger partial charge in [-0.1, -0.05) is 379 Å². The lowest BCUT2D eigenvalue weighted by atomic mass is 9.99. The average molecular weight is 1160 g/mol. The first-order valence-corrected chi connectivity index (χ1v) is 36.9. The molecule has 7 atom stereocenters. The highest BCUT2D eigenvalue weighted by molar-refractivity contribution is 5.76. The molecule has 1 aliphatic heterocycles. The lowest BCUT2D eigenvalue weighted by molar-refractivity contribution is -0.302. The van der Waals surface area contributed by atoms with Gasteiger partial charge in [-0.3, -0.25) is 4.79 Å². The van der Waals surface area contributed by atoms with Gasteiger partial charge in [-0.2, -0.15) is 0 Å². The van der Waals surface area contributed by atoms with E-state index in [1.807, 2.05) is 6.08 Å². The van der Waals surface area contributed by atoms with Crippen molar-refractivity contribution in [1.82, 2.24) is 5.32 Å². The Balaban J connectivity index is 2.04. The zero-order valence-electron chi connectivity index (χ0n) is 54.8. The largest absolute Gasteiger partial charge is 0.394 e. The molecule has 0 saturated carbocycles. The van der Waals surface area contributed by atoms with Gasteiger partial charge >= 0.3 is 0 Å². The first-order chi connectivity index (χ1) is 40.3. The molecule has 0 aromatic rings. The molecule has 0 aromatic heterocycles. The van der Waals surface area contributed by atoms with Crippen LogP contribution in [0.25, 0.3) is 0 Å². The van der Waals surface area contributed by atoms with E-state index in [9.17, 15) is 30.3 Å². The molecule has 1 aliphatic rings. The number of rotatable bonds is 66. The minimum Gasteiger partial charge on any atom is -0.394 e. The summed E-state index contributed by atoms with van der Waals surface area (Å²) in [7, 11) is 0. The first kappa shape index (κ1) is 78.9. The van der Waals surface area contributed by atoms with Crippen molar-refractivity contribution in [3.63, 3.8) is 0 Å². The summed E-state index contributed by atoms with van der Waals surface area (Å²) in [6, 6.07) is -0.802. The molecule has 0 aromatic carbocycles. The van der Waals surface area contributed by atoms with E-state index >= 15 is 0 Å². The van der Waals surface area contributed by atoms with Crippen molar-refractivity contribution in [3.8, 4) is 0 Å². The number of amides is 1. The van der Waals surface area contributed by atoms with E-state index in [0.717, 1.165) is 38.5 Å². The Morgan fingerprint density at radius 2 is 0.671 bits per heavy atom. The third-order valence-corrected chi connectivity index (χ3v) is 18.1. The molecule has 9 heteroatoms. The quantitative estimate of drug-likeness (QED) is 0.0261. The Labute approximate surface area is 509 Å². The molecule has 0 aliphatic carbocycles. The highest BCUT2D eigenvalue weighted by Gasteiger charge is 2.44. The summed E-state index contributed by atoms with van der Waals surface area (Å²) in [5, 5.41) is 54.8. The van der Waals surface area contributed by atoms with E-state index in [0.29, 0.717) is 6.42 Å². The van der Waals surface area contributed by atoms with E-state index < -0.39 is 49.5 Å². The van der Waals surface area contributed by atoms with Crippen molar-refractivity contribution in [2.75, 3.05) is 13.2 Å². The van der Waals surface area contributed by atoms with Gasteiger partial charge in [0.05, 0.1) is 25.4 Å². The van der Waals surface area contributed by atoms with Crippen LogP contribution in [0.15, 0.2) is 12.2 Å². The van der Waals surface area contributed by atoms with Crippen molar-refractivity contribution in [2.45, 2.75) is 436 Å². The third kappa shape index (κ3) is 51.0.